The fourth-order valence-electron chi connectivity index (χ4n) is 1.78. The molecule has 0 aromatic heterocycles. The standard InChI is InChI=1S/C12H17NO2/c1-9(14)7-13-8-10-2-3-12-11(6-10)4-5-15-12/h2-3,6,9,13-14H,4-5,7-8H2,1H3. The van der Waals surface area contributed by atoms with Crippen molar-refractivity contribution in [1.29, 1.82) is 0 Å². The second-order valence-electron chi connectivity index (χ2n) is 4.02. The van der Waals surface area contributed by atoms with Gasteiger partial charge >= 0.3 is 0 Å². The van der Waals surface area contributed by atoms with Crippen LogP contribution in [0.15, 0.2) is 18.2 Å². The molecule has 0 saturated heterocycles. The zero-order valence-electron chi connectivity index (χ0n) is 8.99. The maximum Gasteiger partial charge on any atom is 0.122 e. The maximum atomic E-state index is 9.10. The Balaban J connectivity index is 1.92. The highest BCUT2D eigenvalue weighted by molar-refractivity contribution is 5.39. The van der Waals surface area contributed by atoms with Crippen molar-refractivity contribution in [2.45, 2.75) is 26.0 Å². The molecule has 1 aliphatic rings. The van der Waals surface area contributed by atoms with Crippen LogP contribution in [0.1, 0.15) is 18.1 Å². The van der Waals surface area contributed by atoms with Gasteiger partial charge in [0.1, 0.15) is 5.75 Å². The van der Waals surface area contributed by atoms with Gasteiger partial charge in [0.15, 0.2) is 0 Å². The summed E-state index contributed by atoms with van der Waals surface area (Å²) < 4.78 is 5.44. The highest BCUT2D eigenvalue weighted by Gasteiger charge is 2.11. The molecule has 1 unspecified atom stereocenters. The Morgan fingerprint density at radius 3 is 3.20 bits per heavy atom. The lowest BCUT2D eigenvalue weighted by Gasteiger charge is -2.07. The molecule has 3 nitrogen and oxygen atoms in total. The Hall–Kier alpha value is -1.06. The Bertz CT molecular complexity index is 336. The van der Waals surface area contributed by atoms with Gasteiger partial charge in [0.25, 0.3) is 0 Å². The van der Waals surface area contributed by atoms with Crippen molar-refractivity contribution < 1.29 is 9.84 Å². The Morgan fingerprint density at radius 1 is 1.53 bits per heavy atom. The average Bonchev–Trinajstić information content (AvgIpc) is 2.64. The molecule has 1 atom stereocenters. The summed E-state index contributed by atoms with van der Waals surface area (Å²) in [6, 6.07) is 6.28. The summed E-state index contributed by atoms with van der Waals surface area (Å²) in [7, 11) is 0. The summed E-state index contributed by atoms with van der Waals surface area (Å²) >= 11 is 0. The van der Waals surface area contributed by atoms with Gasteiger partial charge in [0.2, 0.25) is 0 Å². The van der Waals surface area contributed by atoms with Crippen LogP contribution < -0.4 is 10.1 Å². The molecule has 82 valence electrons. The Kier molecular flexibility index (Phi) is 3.23. The normalized spacial score (nSPS) is 15.9. The van der Waals surface area contributed by atoms with E-state index in [0.717, 1.165) is 25.3 Å². The van der Waals surface area contributed by atoms with Crippen molar-refractivity contribution in [3.8, 4) is 5.75 Å². The fourth-order valence-corrected chi connectivity index (χ4v) is 1.78. The highest BCUT2D eigenvalue weighted by Crippen LogP contribution is 2.25. The van der Waals surface area contributed by atoms with Gasteiger partial charge in [0, 0.05) is 19.5 Å². The summed E-state index contributed by atoms with van der Waals surface area (Å²) in [5, 5.41) is 12.3. The molecule has 0 bridgehead atoms. The maximum absolute atomic E-state index is 9.10. The lowest BCUT2D eigenvalue weighted by Crippen LogP contribution is -2.23. The smallest absolute Gasteiger partial charge is 0.122 e. The minimum absolute atomic E-state index is 0.289. The third kappa shape index (κ3) is 2.70. The minimum atomic E-state index is -0.289. The lowest BCUT2D eigenvalue weighted by atomic mass is 10.1. The topological polar surface area (TPSA) is 41.5 Å². The van der Waals surface area contributed by atoms with Crippen LogP contribution in [0.5, 0.6) is 5.75 Å². The fraction of sp³-hybridized carbons (Fsp3) is 0.500. The minimum Gasteiger partial charge on any atom is -0.493 e. The number of fused-ring (bicyclic) bond motifs is 1. The first-order valence-corrected chi connectivity index (χ1v) is 5.39. The van der Waals surface area contributed by atoms with E-state index in [1.165, 1.54) is 11.1 Å². The number of nitrogens with one attached hydrogen (secondary N) is 1. The number of hydrogen-bond donors (Lipinski definition) is 2. The van der Waals surface area contributed by atoms with Crippen molar-refractivity contribution in [2.24, 2.45) is 0 Å². The number of benzene rings is 1. The summed E-state index contributed by atoms with van der Waals surface area (Å²) in [5.41, 5.74) is 2.55. The van der Waals surface area contributed by atoms with E-state index >= 15 is 0 Å². The number of hydrogen-bond acceptors (Lipinski definition) is 3. The molecule has 2 rings (SSSR count). The van der Waals surface area contributed by atoms with E-state index in [1.54, 1.807) is 6.92 Å². The van der Waals surface area contributed by atoms with Crippen LogP contribution in [0.25, 0.3) is 0 Å². The van der Waals surface area contributed by atoms with Crippen LogP contribution in [-0.4, -0.2) is 24.4 Å². The number of rotatable bonds is 4. The van der Waals surface area contributed by atoms with Gasteiger partial charge in [-0.3, -0.25) is 0 Å². The Morgan fingerprint density at radius 2 is 2.40 bits per heavy atom. The van der Waals surface area contributed by atoms with Crippen LogP contribution >= 0.6 is 0 Å². The van der Waals surface area contributed by atoms with Crippen LogP contribution in [0.3, 0.4) is 0 Å². The molecule has 0 amide bonds. The predicted molar refractivity (Wildman–Crippen MR) is 59.0 cm³/mol. The molecular formula is C12H17NO2. The molecule has 2 N–H and O–H groups in total. The Labute approximate surface area is 90.1 Å². The van der Waals surface area contributed by atoms with Crippen LogP contribution in [0, 0.1) is 0 Å². The van der Waals surface area contributed by atoms with Crippen LogP contribution in [-0.2, 0) is 13.0 Å². The van der Waals surface area contributed by atoms with Crippen molar-refractivity contribution in [1.82, 2.24) is 5.32 Å². The zero-order chi connectivity index (χ0) is 10.7. The van der Waals surface area contributed by atoms with Gasteiger partial charge < -0.3 is 15.2 Å². The second kappa shape index (κ2) is 4.64. The first kappa shape index (κ1) is 10.5. The molecule has 1 heterocycles. The highest BCUT2D eigenvalue weighted by atomic mass is 16.5. The SMILES string of the molecule is CC(O)CNCc1ccc2c(c1)CCO2. The average molecular weight is 207 g/mol. The zero-order valence-corrected chi connectivity index (χ0v) is 8.99. The molecular weight excluding hydrogens is 190 g/mol. The predicted octanol–water partition coefficient (Wildman–Crippen LogP) is 1.09. The van der Waals surface area contributed by atoms with Crippen molar-refractivity contribution >= 4 is 0 Å². The van der Waals surface area contributed by atoms with Gasteiger partial charge in [-0.05, 0) is 24.1 Å². The molecule has 0 fully saturated rings. The van der Waals surface area contributed by atoms with E-state index < -0.39 is 0 Å². The van der Waals surface area contributed by atoms with Crippen molar-refractivity contribution in [3.63, 3.8) is 0 Å². The molecule has 1 aliphatic heterocycles. The number of aliphatic hydroxyl groups is 1. The monoisotopic (exact) mass is 207 g/mol. The van der Waals surface area contributed by atoms with E-state index in [-0.39, 0.29) is 6.10 Å². The number of aliphatic hydroxyl groups excluding tert-OH is 1. The van der Waals surface area contributed by atoms with Gasteiger partial charge in [-0.15, -0.1) is 0 Å². The van der Waals surface area contributed by atoms with E-state index in [0.29, 0.717) is 6.54 Å². The van der Waals surface area contributed by atoms with E-state index in [1.807, 2.05) is 6.07 Å². The van der Waals surface area contributed by atoms with Crippen LogP contribution in [0.2, 0.25) is 0 Å². The van der Waals surface area contributed by atoms with E-state index in [9.17, 15) is 0 Å². The molecule has 0 saturated carbocycles. The van der Waals surface area contributed by atoms with Gasteiger partial charge in [-0.2, -0.15) is 0 Å². The van der Waals surface area contributed by atoms with Crippen molar-refractivity contribution in [2.75, 3.05) is 13.2 Å². The largest absolute Gasteiger partial charge is 0.493 e. The summed E-state index contributed by atoms with van der Waals surface area (Å²) in [5.74, 6) is 1.02. The summed E-state index contributed by atoms with van der Waals surface area (Å²) in [6.45, 7) is 4.02. The summed E-state index contributed by atoms with van der Waals surface area (Å²) in [6.07, 6.45) is 0.724. The molecule has 0 radical (unpaired) electrons. The van der Waals surface area contributed by atoms with Gasteiger partial charge in [-0.1, -0.05) is 12.1 Å². The lowest BCUT2D eigenvalue weighted by molar-refractivity contribution is 0.191. The van der Waals surface area contributed by atoms with Crippen molar-refractivity contribution in [3.05, 3.63) is 29.3 Å². The second-order valence-corrected chi connectivity index (χ2v) is 4.02. The third-order valence-electron chi connectivity index (χ3n) is 2.52. The van der Waals surface area contributed by atoms with E-state index in [4.69, 9.17) is 9.84 Å². The first-order chi connectivity index (χ1) is 7.25. The quantitative estimate of drug-likeness (QED) is 0.776. The molecule has 0 spiro atoms. The molecule has 1 aromatic carbocycles. The molecule has 15 heavy (non-hydrogen) atoms. The van der Waals surface area contributed by atoms with Gasteiger partial charge in [0.05, 0.1) is 12.7 Å². The summed E-state index contributed by atoms with van der Waals surface area (Å²) in [4.78, 5) is 0. The number of ether oxygens (including phenoxy) is 1. The molecule has 3 heteroatoms. The van der Waals surface area contributed by atoms with E-state index in [2.05, 4.69) is 17.4 Å². The first-order valence-electron chi connectivity index (χ1n) is 5.39. The molecule has 1 aromatic rings. The third-order valence-corrected chi connectivity index (χ3v) is 2.52. The van der Waals surface area contributed by atoms with Gasteiger partial charge in [-0.25, -0.2) is 0 Å². The molecule has 0 aliphatic carbocycles. The van der Waals surface area contributed by atoms with Crippen LogP contribution in [0.4, 0.5) is 0 Å².